The molecule has 0 radical (unpaired) electrons. The second-order valence-corrected chi connectivity index (χ2v) is 15.2. The molecule has 0 aromatic heterocycles. The van der Waals surface area contributed by atoms with Crippen molar-refractivity contribution in [3.63, 3.8) is 0 Å². The average molecular weight is 781 g/mol. The highest BCUT2D eigenvalue weighted by Gasteiger charge is 2.44. The van der Waals surface area contributed by atoms with Gasteiger partial charge in [0.05, 0.1) is 13.2 Å². The maximum atomic E-state index is 12.7. The lowest BCUT2D eigenvalue weighted by Crippen LogP contribution is -2.59. The summed E-state index contributed by atoms with van der Waals surface area (Å²) >= 11 is 0. The fourth-order valence-electron chi connectivity index (χ4n) is 6.49. The van der Waals surface area contributed by atoms with Gasteiger partial charge >= 0.3 is 11.9 Å². The summed E-state index contributed by atoms with van der Waals surface area (Å²) in [5.41, 5.74) is 0. The van der Waals surface area contributed by atoms with Crippen LogP contribution in [-0.2, 0) is 28.5 Å². The highest BCUT2D eigenvalue weighted by atomic mass is 16.7. The molecule has 0 aromatic rings. The lowest BCUT2D eigenvalue weighted by molar-refractivity contribution is -0.305. The summed E-state index contributed by atoms with van der Waals surface area (Å²) in [6.45, 7) is 3.35. The molecule has 0 spiro atoms. The predicted molar refractivity (Wildman–Crippen MR) is 219 cm³/mol. The van der Waals surface area contributed by atoms with Crippen LogP contribution in [0.15, 0.2) is 36.5 Å². The van der Waals surface area contributed by atoms with Gasteiger partial charge in [-0.05, 0) is 51.4 Å². The van der Waals surface area contributed by atoms with Gasteiger partial charge in [-0.25, -0.2) is 0 Å². The zero-order chi connectivity index (χ0) is 40.2. The minimum absolute atomic E-state index is 0.144. The Balaban J connectivity index is 2.38. The van der Waals surface area contributed by atoms with E-state index in [9.17, 15) is 30.0 Å². The second-order valence-electron chi connectivity index (χ2n) is 15.2. The normalized spacial score (nSPS) is 20.9. The molecule has 1 aliphatic heterocycles. The van der Waals surface area contributed by atoms with Crippen LogP contribution in [0.3, 0.4) is 0 Å². The van der Waals surface area contributed by atoms with Gasteiger partial charge in [-0.15, -0.1) is 0 Å². The maximum Gasteiger partial charge on any atom is 0.306 e. The Bertz CT molecular complexity index is 996. The Hall–Kier alpha value is -2.08. The van der Waals surface area contributed by atoms with Gasteiger partial charge in [0.25, 0.3) is 0 Å². The van der Waals surface area contributed by atoms with E-state index in [1.165, 1.54) is 89.9 Å². The van der Waals surface area contributed by atoms with E-state index >= 15 is 0 Å². The number of esters is 2. The van der Waals surface area contributed by atoms with Crippen LogP contribution in [0.1, 0.15) is 181 Å². The molecule has 0 bridgehead atoms. The number of unbranched alkanes of at least 4 members (excludes halogenated alkanes) is 20. The summed E-state index contributed by atoms with van der Waals surface area (Å²) in [6.07, 6.45) is 33.0. The van der Waals surface area contributed by atoms with Crippen LogP contribution in [-0.4, -0.2) is 89.0 Å². The summed E-state index contributed by atoms with van der Waals surface area (Å²) in [4.78, 5) is 25.3. The van der Waals surface area contributed by atoms with E-state index in [1.807, 2.05) is 6.08 Å². The molecule has 1 fully saturated rings. The van der Waals surface area contributed by atoms with Crippen LogP contribution in [0.2, 0.25) is 0 Å². The Morgan fingerprint density at radius 3 is 1.62 bits per heavy atom. The van der Waals surface area contributed by atoms with Crippen molar-refractivity contribution in [1.82, 2.24) is 0 Å². The molecule has 0 saturated carbocycles. The van der Waals surface area contributed by atoms with Crippen LogP contribution in [0, 0.1) is 0 Å². The monoisotopic (exact) mass is 781 g/mol. The van der Waals surface area contributed by atoms with Crippen LogP contribution in [0.4, 0.5) is 0 Å². The minimum atomic E-state index is -1.60. The molecule has 1 heterocycles. The van der Waals surface area contributed by atoms with Crippen molar-refractivity contribution in [2.75, 3.05) is 19.8 Å². The predicted octanol–water partition coefficient (Wildman–Crippen LogP) is 9.11. The molecular formula is C45H80O10. The van der Waals surface area contributed by atoms with Crippen molar-refractivity contribution in [3.8, 4) is 0 Å². The topological polar surface area (TPSA) is 152 Å². The fraction of sp³-hybridized carbons (Fsp3) is 0.822. The molecule has 0 aromatic carbocycles. The van der Waals surface area contributed by atoms with Gasteiger partial charge in [0, 0.05) is 12.8 Å². The van der Waals surface area contributed by atoms with Crippen LogP contribution >= 0.6 is 0 Å². The molecule has 320 valence electrons. The van der Waals surface area contributed by atoms with Crippen molar-refractivity contribution in [2.24, 2.45) is 0 Å². The first-order valence-electron chi connectivity index (χ1n) is 22.1. The van der Waals surface area contributed by atoms with Crippen molar-refractivity contribution in [3.05, 3.63) is 36.5 Å². The van der Waals surface area contributed by atoms with Gasteiger partial charge in [-0.3, -0.25) is 9.59 Å². The van der Waals surface area contributed by atoms with Gasteiger partial charge in [-0.1, -0.05) is 153 Å². The Labute approximate surface area is 334 Å². The number of aliphatic hydroxyl groups excluding tert-OH is 4. The lowest BCUT2D eigenvalue weighted by Gasteiger charge is -2.39. The van der Waals surface area contributed by atoms with E-state index in [2.05, 4.69) is 44.2 Å². The zero-order valence-electron chi connectivity index (χ0n) is 34.7. The molecule has 10 heteroatoms. The molecule has 6 atom stereocenters. The van der Waals surface area contributed by atoms with E-state index in [0.717, 1.165) is 51.4 Å². The third-order valence-electron chi connectivity index (χ3n) is 10.0. The third-order valence-corrected chi connectivity index (χ3v) is 10.0. The molecule has 4 N–H and O–H groups in total. The maximum absolute atomic E-state index is 12.7. The van der Waals surface area contributed by atoms with Gasteiger partial charge in [0.15, 0.2) is 12.4 Å². The lowest BCUT2D eigenvalue weighted by atomic mass is 9.99. The molecular weight excluding hydrogens is 700 g/mol. The second kappa shape index (κ2) is 36.3. The van der Waals surface area contributed by atoms with Crippen molar-refractivity contribution in [1.29, 1.82) is 0 Å². The largest absolute Gasteiger partial charge is 0.462 e. The quantitative estimate of drug-likeness (QED) is 0.0210. The van der Waals surface area contributed by atoms with Gasteiger partial charge in [0.2, 0.25) is 0 Å². The fourth-order valence-corrected chi connectivity index (χ4v) is 6.49. The number of carbonyl (C=O) groups excluding carboxylic acids is 2. The number of carbonyl (C=O) groups is 2. The number of ether oxygens (including phenoxy) is 4. The Morgan fingerprint density at radius 1 is 0.564 bits per heavy atom. The molecule has 10 nitrogen and oxygen atoms in total. The highest BCUT2D eigenvalue weighted by Crippen LogP contribution is 2.22. The highest BCUT2D eigenvalue weighted by molar-refractivity contribution is 5.70. The number of rotatable bonds is 36. The number of allylic oxidation sites excluding steroid dienone is 6. The average Bonchev–Trinajstić information content (AvgIpc) is 3.18. The summed E-state index contributed by atoms with van der Waals surface area (Å²) < 4.78 is 22.1. The summed E-state index contributed by atoms with van der Waals surface area (Å²) in [5, 5.41) is 40.0. The molecule has 1 saturated heterocycles. The molecule has 1 rings (SSSR count). The minimum Gasteiger partial charge on any atom is -0.462 e. The molecule has 55 heavy (non-hydrogen) atoms. The van der Waals surface area contributed by atoms with Crippen molar-refractivity contribution < 1.29 is 49.0 Å². The standard InChI is InChI=1S/C45H80O10/c1-3-5-7-9-11-13-15-17-19-21-23-25-27-29-31-33-40(47)52-36-38(37-53-45-44(51)43(50)42(49)39(35-46)55-45)54-41(48)34-32-30-28-26-24-22-20-18-16-14-12-10-8-6-4-2/h13,15,17,19,28,30,38-39,42-46,49-51H,3-12,14,16,18,20-27,29,31-37H2,1-2H3/b15-13+,19-17+,30-28+/t38-,39-,42+,43?,44?,45-/m0/s1. The zero-order valence-corrected chi connectivity index (χ0v) is 34.7. The van der Waals surface area contributed by atoms with Crippen LogP contribution in [0.5, 0.6) is 0 Å². The van der Waals surface area contributed by atoms with Crippen molar-refractivity contribution in [2.45, 2.75) is 218 Å². The molecule has 2 unspecified atom stereocenters. The summed E-state index contributed by atoms with van der Waals surface area (Å²) in [5.74, 6) is -0.880. The molecule has 0 aliphatic carbocycles. The van der Waals surface area contributed by atoms with Crippen molar-refractivity contribution >= 4 is 11.9 Å². The summed E-state index contributed by atoms with van der Waals surface area (Å²) in [7, 11) is 0. The van der Waals surface area contributed by atoms with Gasteiger partial charge in [0.1, 0.15) is 31.0 Å². The first-order valence-corrected chi connectivity index (χ1v) is 22.1. The SMILES string of the molecule is CCCCCC/C=C/C=C/CCCCCCCC(=O)OC[C@@H](CO[C@H]1O[C@@H](CO)[C@@H](O)C(O)C1O)OC(=O)CC/C=C/CCCCCCCCCCCCC. The van der Waals surface area contributed by atoms with Gasteiger partial charge in [-0.2, -0.15) is 0 Å². The van der Waals surface area contributed by atoms with E-state index in [0.29, 0.717) is 12.8 Å². The van der Waals surface area contributed by atoms with Crippen LogP contribution in [0.25, 0.3) is 0 Å². The van der Waals surface area contributed by atoms with E-state index in [1.54, 1.807) is 0 Å². The number of hydrogen-bond donors (Lipinski definition) is 4. The third kappa shape index (κ3) is 28.0. The first-order chi connectivity index (χ1) is 26.8. The number of hydrogen-bond acceptors (Lipinski definition) is 10. The number of aliphatic hydroxyl groups is 4. The van der Waals surface area contributed by atoms with Gasteiger partial charge < -0.3 is 39.4 Å². The summed E-state index contributed by atoms with van der Waals surface area (Å²) in [6, 6.07) is 0. The van der Waals surface area contributed by atoms with E-state index in [-0.39, 0.29) is 26.1 Å². The van der Waals surface area contributed by atoms with E-state index < -0.39 is 55.4 Å². The smallest absolute Gasteiger partial charge is 0.306 e. The first kappa shape index (κ1) is 50.9. The van der Waals surface area contributed by atoms with Crippen LogP contribution < -0.4 is 0 Å². The Morgan fingerprint density at radius 2 is 1.05 bits per heavy atom. The van der Waals surface area contributed by atoms with E-state index in [4.69, 9.17) is 18.9 Å². The molecule has 0 amide bonds. The molecule has 1 aliphatic rings. The Kier molecular flexibility index (Phi) is 33.6.